The average Bonchev–Trinajstić information content (AvgIpc) is 3.28. The molecule has 8 nitrogen and oxygen atoms in total. The van der Waals surface area contributed by atoms with Crippen LogP contribution >= 0.6 is 0 Å². The maximum atomic E-state index is 9.65. The summed E-state index contributed by atoms with van der Waals surface area (Å²) in [5.41, 5.74) is 3.04. The van der Waals surface area contributed by atoms with Crippen LogP contribution in [0.4, 0.5) is 0 Å². The Kier molecular flexibility index (Phi) is 27.2. The van der Waals surface area contributed by atoms with Crippen LogP contribution in [0.25, 0.3) is 0 Å². The lowest BCUT2D eigenvalue weighted by molar-refractivity contribution is 0.0536. The topological polar surface area (TPSA) is 118 Å². The zero-order valence-corrected chi connectivity index (χ0v) is 36.7. The van der Waals surface area contributed by atoms with Gasteiger partial charge in [0.05, 0.1) is 37.6 Å². The van der Waals surface area contributed by atoms with Crippen LogP contribution in [0.3, 0.4) is 0 Å². The number of aliphatic hydroxyl groups is 4. The number of rotatable bonds is 32. The van der Waals surface area contributed by atoms with Gasteiger partial charge in [-0.2, -0.15) is 0 Å². The van der Waals surface area contributed by atoms with Crippen molar-refractivity contribution in [1.29, 1.82) is 0 Å². The molecule has 0 fully saturated rings. The summed E-state index contributed by atoms with van der Waals surface area (Å²) in [6.45, 7) is 4.97. The normalized spacial score (nSPS) is 11.8. The second-order valence-electron chi connectivity index (χ2n) is 15.7. The molecule has 0 saturated carbocycles. The summed E-state index contributed by atoms with van der Waals surface area (Å²) in [6, 6.07) is 18.6. The second-order valence-corrected chi connectivity index (χ2v) is 15.7. The molecule has 3 aromatic rings. The number of hydrogen-bond acceptors (Lipinski definition) is 8. The predicted molar refractivity (Wildman–Crippen MR) is 243 cm³/mol. The molecule has 60 heavy (non-hydrogen) atoms. The van der Waals surface area contributed by atoms with Crippen LogP contribution in [-0.4, -0.2) is 72.3 Å². The molecule has 3 aromatic carbocycles. The highest BCUT2D eigenvalue weighted by Crippen LogP contribution is 2.30. The van der Waals surface area contributed by atoms with Gasteiger partial charge in [-0.1, -0.05) is 153 Å². The molecule has 0 saturated heterocycles. The van der Waals surface area contributed by atoms with Crippen LogP contribution in [0.2, 0.25) is 0 Å². The first-order valence-electron chi connectivity index (χ1n) is 23.0. The first kappa shape index (κ1) is 50.2. The minimum Gasteiger partial charge on any atom is -0.492 e. The molecule has 0 aliphatic heterocycles. The molecule has 0 bridgehead atoms. The Labute approximate surface area is 362 Å². The van der Waals surface area contributed by atoms with Crippen LogP contribution in [0, 0.1) is 23.7 Å². The van der Waals surface area contributed by atoms with Crippen LogP contribution in [-0.2, 0) is 0 Å². The van der Waals surface area contributed by atoms with E-state index in [9.17, 15) is 10.2 Å². The lowest BCUT2D eigenvalue weighted by Crippen LogP contribution is -2.21. The Morgan fingerprint density at radius 2 is 0.733 bits per heavy atom. The zero-order chi connectivity index (χ0) is 42.9. The van der Waals surface area contributed by atoms with Gasteiger partial charge >= 0.3 is 0 Å². The molecular formula is C52H74O8. The van der Waals surface area contributed by atoms with Gasteiger partial charge in [-0.05, 0) is 61.4 Å². The summed E-state index contributed by atoms with van der Waals surface area (Å²) < 4.78 is 24.1. The van der Waals surface area contributed by atoms with Gasteiger partial charge in [0, 0.05) is 23.3 Å². The summed E-state index contributed by atoms with van der Waals surface area (Å²) in [5.74, 6) is 15.8. The molecule has 8 heteroatoms. The summed E-state index contributed by atoms with van der Waals surface area (Å²) in [6.07, 6.45) is 23.1. The van der Waals surface area contributed by atoms with E-state index in [1.54, 1.807) is 24.3 Å². The smallest absolute Gasteiger partial charge is 0.136 e. The fraction of sp³-hybridized carbons (Fsp3) is 0.577. The average molecular weight is 827 g/mol. The molecule has 3 rings (SSSR count). The summed E-state index contributed by atoms with van der Waals surface area (Å²) in [7, 11) is 0. The first-order valence-corrected chi connectivity index (χ1v) is 23.0. The number of unbranched alkanes of at least 4 members (excludes halogenated alkanes) is 18. The van der Waals surface area contributed by atoms with E-state index < -0.39 is 12.2 Å². The largest absolute Gasteiger partial charge is 0.492 e. The summed E-state index contributed by atoms with van der Waals surface area (Å²) in [5, 5.41) is 37.5. The third-order valence-corrected chi connectivity index (χ3v) is 10.3. The van der Waals surface area contributed by atoms with Crippen molar-refractivity contribution in [2.45, 2.75) is 154 Å². The van der Waals surface area contributed by atoms with Crippen LogP contribution < -0.4 is 18.9 Å². The molecule has 0 aliphatic carbocycles. The highest BCUT2D eigenvalue weighted by atomic mass is 16.5. The third kappa shape index (κ3) is 22.4. The Bertz CT molecular complexity index is 1540. The van der Waals surface area contributed by atoms with Crippen molar-refractivity contribution < 1.29 is 39.4 Å². The lowest BCUT2D eigenvalue weighted by Gasteiger charge is -2.14. The van der Waals surface area contributed by atoms with Crippen LogP contribution in [0.1, 0.15) is 165 Å². The molecule has 0 aliphatic rings. The van der Waals surface area contributed by atoms with Gasteiger partial charge in [-0.3, -0.25) is 0 Å². The second kappa shape index (κ2) is 32.6. The maximum Gasteiger partial charge on any atom is 0.136 e. The SMILES string of the molecule is CCCCCCCCCCCCOc1cc(C#Cc2ccc(OCC(O)CO)cc2)c(OCCCCCCCCCCCC)cc1C#Cc1ccc(OCC(O)CO)cc1. The van der Waals surface area contributed by atoms with E-state index in [2.05, 4.69) is 37.5 Å². The molecule has 0 aromatic heterocycles. The Balaban J connectivity index is 1.80. The zero-order valence-electron chi connectivity index (χ0n) is 36.7. The monoisotopic (exact) mass is 827 g/mol. The molecule has 0 spiro atoms. The molecule has 0 heterocycles. The quantitative estimate of drug-likeness (QED) is 0.0363. The highest BCUT2D eigenvalue weighted by molar-refractivity contribution is 5.60. The van der Waals surface area contributed by atoms with Gasteiger partial charge in [0.2, 0.25) is 0 Å². The molecule has 4 N–H and O–H groups in total. The molecule has 0 radical (unpaired) electrons. The first-order chi connectivity index (χ1) is 29.4. The minimum absolute atomic E-state index is 0.00851. The molecule has 2 unspecified atom stereocenters. The lowest BCUT2D eigenvalue weighted by atomic mass is 10.1. The van der Waals surface area contributed by atoms with Gasteiger partial charge in [0.15, 0.2) is 0 Å². The van der Waals surface area contributed by atoms with E-state index in [4.69, 9.17) is 29.2 Å². The van der Waals surface area contributed by atoms with Gasteiger partial charge in [0.1, 0.15) is 48.4 Å². The number of benzene rings is 3. The van der Waals surface area contributed by atoms with Crippen molar-refractivity contribution in [1.82, 2.24) is 0 Å². The van der Waals surface area contributed by atoms with Crippen molar-refractivity contribution in [3.8, 4) is 46.7 Å². The van der Waals surface area contributed by atoms with Crippen LogP contribution in [0.15, 0.2) is 60.7 Å². The number of ether oxygens (including phenoxy) is 4. The standard InChI is InChI=1S/C52H74O8/c1-3-5-7-9-11-13-15-17-19-21-35-57-51-37-46(30-24-44-27-33-50(34-28-44)60-42-48(56)40-54)52(58-36-22-20-18-16-14-12-10-8-6-4-2)38-45(51)29-23-43-25-31-49(32-26-43)59-41-47(55)39-53/h25-28,31-34,37-38,47-48,53-56H,3-22,35-36,39-42H2,1-2H3. The van der Waals surface area contributed by atoms with E-state index in [-0.39, 0.29) is 26.4 Å². The van der Waals surface area contributed by atoms with E-state index in [1.165, 1.54) is 103 Å². The third-order valence-electron chi connectivity index (χ3n) is 10.3. The van der Waals surface area contributed by atoms with Crippen molar-refractivity contribution in [3.05, 3.63) is 82.9 Å². The Morgan fingerprint density at radius 3 is 1.05 bits per heavy atom. The minimum atomic E-state index is -0.934. The fourth-order valence-electron chi connectivity index (χ4n) is 6.58. The Morgan fingerprint density at radius 1 is 0.417 bits per heavy atom. The molecule has 0 amide bonds. The van der Waals surface area contributed by atoms with Gasteiger partial charge in [0.25, 0.3) is 0 Å². The number of hydrogen-bond donors (Lipinski definition) is 4. The van der Waals surface area contributed by atoms with Gasteiger partial charge in [-0.15, -0.1) is 0 Å². The fourth-order valence-corrected chi connectivity index (χ4v) is 6.58. The summed E-state index contributed by atoms with van der Waals surface area (Å²) >= 11 is 0. The number of aliphatic hydroxyl groups excluding tert-OH is 4. The van der Waals surface area contributed by atoms with E-state index in [0.717, 1.165) is 47.9 Å². The maximum absolute atomic E-state index is 9.65. The van der Waals surface area contributed by atoms with Gasteiger partial charge < -0.3 is 39.4 Å². The van der Waals surface area contributed by atoms with E-state index in [1.807, 2.05) is 36.4 Å². The summed E-state index contributed by atoms with van der Waals surface area (Å²) in [4.78, 5) is 0. The predicted octanol–water partition coefficient (Wildman–Crippen LogP) is 10.5. The highest BCUT2D eigenvalue weighted by Gasteiger charge is 2.12. The van der Waals surface area contributed by atoms with E-state index >= 15 is 0 Å². The van der Waals surface area contributed by atoms with Crippen molar-refractivity contribution >= 4 is 0 Å². The molecule has 2 atom stereocenters. The Hall–Kier alpha value is -4.18. The van der Waals surface area contributed by atoms with Crippen molar-refractivity contribution in [3.63, 3.8) is 0 Å². The van der Waals surface area contributed by atoms with Crippen molar-refractivity contribution in [2.24, 2.45) is 0 Å². The van der Waals surface area contributed by atoms with E-state index in [0.29, 0.717) is 36.2 Å². The molecule has 330 valence electrons. The van der Waals surface area contributed by atoms with Crippen molar-refractivity contribution in [2.75, 3.05) is 39.6 Å². The molecular weight excluding hydrogens is 753 g/mol. The van der Waals surface area contributed by atoms with Gasteiger partial charge in [-0.25, -0.2) is 0 Å². The van der Waals surface area contributed by atoms with Crippen LogP contribution in [0.5, 0.6) is 23.0 Å².